The van der Waals surface area contributed by atoms with Gasteiger partial charge in [0.2, 0.25) is 5.95 Å². The number of aromatic nitrogens is 6. The van der Waals surface area contributed by atoms with Crippen LogP contribution >= 0.6 is 11.6 Å². The lowest BCUT2D eigenvalue weighted by molar-refractivity contribution is -0.00778. The number of hydrogen-bond acceptors (Lipinski definition) is 8. The minimum Gasteiger partial charge on any atom is -0.365 e. The normalized spacial score (nSPS) is 18.3. The van der Waals surface area contributed by atoms with Crippen molar-refractivity contribution in [2.45, 2.75) is 57.7 Å². The number of nitrogens with one attached hydrogen (secondary N) is 2. The van der Waals surface area contributed by atoms with E-state index in [2.05, 4.69) is 75.8 Å². The van der Waals surface area contributed by atoms with Crippen molar-refractivity contribution in [2.75, 3.05) is 17.7 Å². The molecule has 1 saturated heterocycles. The van der Waals surface area contributed by atoms with Gasteiger partial charge in [0.1, 0.15) is 0 Å². The van der Waals surface area contributed by atoms with E-state index in [4.69, 9.17) is 11.6 Å². The topological polar surface area (TPSA) is 96.7 Å². The molecule has 1 aliphatic heterocycles. The summed E-state index contributed by atoms with van der Waals surface area (Å²) < 4.78 is 16.2. The number of nitrogens with zero attached hydrogens (tertiary/aromatic N) is 7. The summed E-state index contributed by atoms with van der Waals surface area (Å²) >= 11 is 6.30. The van der Waals surface area contributed by atoms with Crippen LogP contribution < -0.4 is 10.6 Å². The Hall–Kier alpha value is -2.85. The molecule has 0 spiro atoms. The maximum Gasteiger partial charge on any atom is 0.229 e. The van der Waals surface area contributed by atoms with Crippen LogP contribution in [0.3, 0.4) is 0 Å². The molecule has 33 heavy (non-hydrogen) atoms. The van der Waals surface area contributed by atoms with Crippen LogP contribution in [0.1, 0.15) is 40.5 Å². The molecule has 0 unspecified atom stereocenters. The van der Waals surface area contributed by atoms with Gasteiger partial charge in [-0.25, -0.2) is 14.1 Å². The second kappa shape index (κ2) is 8.49. The van der Waals surface area contributed by atoms with Gasteiger partial charge in [-0.15, -0.1) is 5.10 Å². The third-order valence-corrected chi connectivity index (χ3v) is 6.64. The number of rotatable bonds is 5. The lowest BCUT2D eigenvalue weighted by Crippen LogP contribution is -2.61. The van der Waals surface area contributed by atoms with Gasteiger partial charge < -0.3 is 10.6 Å². The van der Waals surface area contributed by atoms with Gasteiger partial charge in [-0.3, -0.25) is 4.90 Å². The lowest BCUT2D eigenvalue weighted by Gasteiger charge is -2.53. The van der Waals surface area contributed by atoms with Crippen molar-refractivity contribution in [3.63, 3.8) is 0 Å². The van der Waals surface area contributed by atoms with Crippen molar-refractivity contribution >= 4 is 29.1 Å². The minimum absolute atomic E-state index is 0.0319. The zero-order valence-corrected chi connectivity index (χ0v) is 20.4. The van der Waals surface area contributed by atoms with Gasteiger partial charge in [-0.2, -0.15) is 4.98 Å². The lowest BCUT2D eigenvalue weighted by atomic mass is 9.77. The SMILES string of the molecule is CN1C(C)(C)CC(Nc2nc(Nc3cc(Cl)cc(-c4nnnn4C)c3)ncc2F)CC1(C)C. The molecule has 1 aliphatic rings. The smallest absolute Gasteiger partial charge is 0.229 e. The van der Waals surface area contributed by atoms with Crippen LogP contribution in [0.5, 0.6) is 0 Å². The van der Waals surface area contributed by atoms with Gasteiger partial charge in [0, 0.05) is 40.4 Å². The molecule has 0 atom stereocenters. The summed E-state index contributed by atoms with van der Waals surface area (Å²) in [4.78, 5) is 10.9. The molecule has 2 aromatic heterocycles. The van der Waals surface area contributed by atoms with Crippen molar-refractivity contribution in [1.82, 2.24) is 35.1 Å². The van der Waals surface area contributed by atoms with Crippen LogP contribution in [0.15, 0.2) is 24.4 Å². The molecule has 9 nitrogen and oxygen atoms in total. The van der Waals surface area contributed by atoms with Gasteiger partial charge in [0.25, 0.3) is 0 Å². The Balaban J connectivity index is 1.56. The van der Waals surface area contributed by atoms with E-state index >= 15 is 0 Å². The van der Waals surface area contributed by atoms with Crippen LogP contribution in [0.4, 0.5) is 21.8 Å². The minimum atomic E-state index is -0.493. The Labute approximate surface area is 197 Å². The average molecular weight is 474 g/mol. The van der Waals surface area contributed by atoms with Gasteiger partial charge >= 0.3 is 0 Å². The first-order valence-corrected chi connectivity index (χ1v) is 11.2. The van der Waals surface area contributed by atoms with Gasteiger partial charge in [-0.05, 0) is 76.2 Å². The fourth-order valence-corrected chi connectivity index (χ4v) is 4.82. The fraction of sp³-hybridized carbons (Fsp3) is 0.500. The van der Waals surface area contributed by atoms with Gasteiger partial charge in [0.15, 0.2) is 17.5 Å². The predicted octanol–water partition coefficient (Wildman–Crippen LogP) is 4.27. The highest BCUT2D eigenvalue weighted by molar-refractivity contribution is 6.31. The van der Waals surface area contributed by atoms with Gasteiger partial charge in [0.05, 0.1) is 6.20 Å². The second-order valence-electron chi connectivity index (χ2n) is 9.80. The molecule has 11 heteroatoms. The molecule has 3 aromatic rings. The fourth-order valence-electron chi connectivity index (χ4n) is 4.59. The molecule has 0 amide bonds. The van der Waals surface area contributed by atoms with Crippen LogP contribution in [-0.2, 0) is 7.05 Å². The first-order valence-electron chi connectivity index (χ1n) is 10.8. The zero-order chi connectivity index (χ0) is 24.0. The van der Waals surface area contributed by atoms with Crippen molar-refractivity contribution in [2.24, 2.45) is 7.05 Å². The summed E-state index contributed by atoms with van der Waals surface area (Å²) in [5, 5.41) is 18.5. The number of hydrogen-bond donors (Lipinski definition) is 2. The number of benzene rings is 1. The van der Waals surface area contributed by atoms with E-state index in [1.54, 1.807) is 23.9 Å². The Morgan fingerprint density at radius 3 is 2.42 bits per heavy atom. The summed E-state index contributed by atoms with van der Waals surface area (Å²) in [6.07, 6.45) is 2.89. The molecule has 1 aromatic carbocycles. The Morgan fingerprint density at radius 2 is 1.79 bits per heavy atom. The summed E-state index contributed by atoms with van der Waals surface area (Å²) in [6.45, 7) is 8.81. The largest absolute Gasteiger partial charge is 0.365 e. The van der Waals surface area contributed by atoms with E-state index in [0.29, 0.717) is 16.5 Å². The highest BCUT2D eigenvalue weighted by Gasteiger charge is 2.43. The second-order valence-corrected chi connectivity index (χ2v) is 10.2. The molecule has 0 aliphatic carbocycles. The van der Waals surface area contributed by atoms with Crippen LogP contribution in [0, 0.1) is 5.82 Å². The summed E-state index contributed by atoms with van der Waals surface area (Å²) in [5.74, 6) is 0.505. The summed E-state index contributed by atoms with van der Waals surface area (Å²) in [7, 11) is 3.88. The van der Waals surface area contributed by atoms with Crippen LogP contribution in [0.2, 0.25) is 5.02 Å². The molecule has 176 valence electrons. The van der Waals surface area contributed by atoms with E-state index in [1.165, 1.54) is 6.20 Å². The third kappa shape index (κ3) is 4.91. The summed E-state index contributed by atoms with van der Waals surface area (Å²) in [5.41, 5.74) is 1.31. The molecular weight excluding hydrogens is 445 g/mol. The van der Waals surface area contributed by atoms with Gasteiger partial charge in [-0.1, -0.05) is 11.6 Å². The predicted molar refractivity (Wildman–Crippen MR) is 127 cm³/mol. The first-order chi connectivity index (χ1) is 15.4. The number of aryl methyl sites for hydroxylation is 1. The standard InChI is InChI=1S/C22H29ClFN9/c1-21(2)10-16(11-22(3,4)33(21)6)26-18-17(24)12-25-20(28-18)27-15-8-13(7-14(23)9-15)19-29-30-31-32(19)5/h7-9,12,16H,10-11H2,1-6H3,(H2,25,26,27,28). The number of piperidine rings is 1. The monoisotopic (exact) mass is 473 g/mol. The van der Waals surface area contributed by atoms with Crippen molar-refractivity contribution in [3.8, 4) is 11.4 Å². The zero-order valence-electron chi connectivity index (χ0n) is 19.7. The summed E-state index contributed by atoms with van der Waals surface area (Å²) in [6, 6.07) is 5.40. The van der Waals surface area contributed by atoms with Crippen molar-refractivity contribution in [1.29, 1.82) is 0 Å². The third-order valence-electron chi connectivity index (χ3n) is 6.43. The highest BCUT2D eigenvalue weighted by atomic mass is 35.5. The Morgan fingerprint density at radius 1 is 1.09 bits per heavy atom. The molecule has 3 heterocycles. The van der Waals surface area contributed by atoms with Crippen LogP contribution in [-0.4, -0.2) is 59.2 Å². The molecule has 0 radical (unpaired) electrons. The number of anilines is 3. The number of tetrazole rings is 1. The number of likely N-dealkylation sites (tertiary alicyclic amines) is 1. The molecule has 4 rings (SSSR count). The van der Waals surface area contributed by atoms with E-state index < -0.39 is 5.82 Å². The molecule has 0 bridgehead atoms. The maximum absolute atomic E-state index is 14.6. The Bertz CT molecular complexity index is 1140. The van der Waals surface area contributed by atoms with E-state index in [0.717, 1.165) is 18.4 Å². The quantitative estimate of drug-likeness (QED) is 0.567. The maximum atomic E-state index is 14.6. The molecule has 2 N–H and O–H groups in total. The number of halogens is 2. The molecule has 1 fully saturated rings. The Kier molecular flexibility index (Phi) is 6.00. The van der Waals surface area contributed by atoms with E-state index in [1.807, 2.05) is 6.07 Å². The highest BCUT2D eigenvalue weighted by Crippen LogP contribution is 2.38. The molecular formula is C22H29ClFN9. The van der Waals surface area contributed by atoms with Crippen molar-refractivity contribution in [3.05, 3.63) is 35.2 Å². The first kappa shape index (κ1) is 23.3. The van der Waals surface area contributed by atoms with E-state index in [-0.39, 0.29) is 28.9 Å². The van der Waals surface area contributed by atoms with E-state index in [9.17, 15) is 4.39 Å². The average Bonchev–Trinajstić information content (AvgIpc) is 3.14. The van der Waals surface area contributed by atoms with Crippen LogP contribution in [0.25, 0.3) is 11.4 Å². The molecule has 0 saturated carbocycles. The van der Waals surface area contributed by atoms with Crippen molar-refractivity contribution < 1.29 is 4.39 Å².